The van der Waals surface area contributed by atoms with Crippen LogP contribution in [0, 0.1) is 0 Å². The highest BCUT2D eigenvalue weighted by atomic mass is 32.2. The van der Waals surface area contributed by atoms with E-state index in [4.69, 9.17) is 10.6 Å². The van der Waals surface area contributed by atoms with Gasteiger partial charge in [-0.2, -0.15) is 0 Å². The Morgan fingerprint density at radius 2 is 2.22 bits per heavy atom. The van der Waals surface area contributed by atoms with Crippen LogP contribution in [0.5, 0.6) is 0 Å². The van der Waals surface area contributed by atoms with Crippen LogP contribution in [0.15, 0.2) is 0 Å². The first-order valence-corrected chi connectivity index (χ1v) is 8.67. The Labute approximate surface area is 110 Å². The average Bonchev–Trinajstić information content (AvgIpc) is 2.86. The Morgan fingerprint density at radius 1 is 1.44 bits per heavy atom. The van der Waals surface area contributed by atoms with Gasteiger partial charge in [-0.25, -0.2) is 8.42 Å². The first-order valence-electron chi connectivity index (χ1n) is 6.85. The molecule has 0 bridgehead atoms. The molecule has 0 saturated carbocycles. The molecule has 6 heteroatoms. The maximum atomic E-state index is 11.4. The van der Waals surface area contributed by atoms with E-state index in [1.165, 1.54) is 0 Å². The summed E-state index contributed by atoms with van der Waals surface area (Å²) in [5, 5.41) is 0. The number of hydrogen-bond acceptors (Lipinski definition) is 5. The highest BCUT2D eigenvalue weighted by Gasteiger charge is 2.17. The van der Waals surface area contributed by atoms with Crippen molar-refractivity contribution in [1.82, 2.24) is 5.43 Å². The van der Waals surface area contributed by atoms with Gasteiger partial charge < -0.3 is 4.74 Å². The van der Waals surface area contributed by atoms with Crippen molar-refractivity contribution >= 4 is 9.84 Å². The van der Waals surface area contributed by atoms with Crippen molar-refractivity contribution < 1.29 is 13.2 Å². The van der Waals surface area contributed by atoms with E-state index < -0.39 is 9.84 Å². The van der Waals surface area contributed by atoms with Crippen LogP contribution in [-0.4, -0.2) is 38.7 Å². The smallest absolute Gasteiger partial charge is 0.150 e. The van der Waals surface area contributed by atoms with E-state index >= 15 is 0 Å². The predicted octanol–water partition coefficient (Wildman–Crippen LogP) is 0.992. The molecular weight excluding hydrogens is 252 g/mol. The van der Waals surface area contributed by atoms with E-state index in [9.17, 15) is 8.42 Å². The molecule has 0 aromatic rings. The van der Waals surface area contributed by atoms with Crippen LogP contribution >= 0.6 is 0 Å². The number of sulfone groups is 1. The largest absolute Gasteiger partial charge is 0.378 e. The van der Waals surface area contributed by atoms with Gasteiger partial charge in [0.1, 0.15) is 9.84 Å². The molecule has 1 saturated heterocycles. The molecule has 3 N–H and O–H groups in total. The Bertz CT molecular complexity index is 313. The first kappa shape index (κ1) is 15.9. The molecule has 0 aliphatic carbocycles. The van der Waals surface area contributed by atoms with Crippen LogP contribution in [0.1, 0.15) is 45.4 Å². The second-order valence-corrected chi connectivity index (χ2v) is 7.43. The molecule has 1 aliphatic heterocycles. The summed E-state index contributed by atoms with van der Waals surface area (Å²) < 4.78 is 28.3. The molecule has 1 aliphatic rings. The minimum absolute atomic E-state index is 0.196. The fourth-order valence-electron chi connectivity index (χ4n) is 2.26. The summed E-state index contributed by atoms with van der Waals surface area (Å²) in [4.78, 5) is 0. The number of nitrogens with one attached hydrogen (secondary N) is 1. The number of rotatable bonds is 9. The average molecular weight is 278 g/mol. The second kappa shape index (κ2) is 8.09. The van der Waals surface area contributed by atoms with Crippen molar-refractivity contribution in [2.45, 2.75) is 57.6 Å². The van der Waals surface area contributed by atoms with E-state index in [1.54, 1.807) is 6.92 Å². The van der Waals surface area contributed by atoms with E-state index in [0.717, 1.165) is 38.7 Å². The van der Waals surface area contributed by atoms with Crippen molar-refractivity contribution in [3.05, 3.63) is 0 Å². The van der Waals surface area contributed by atoms with Gasteiger partial charge in [-0.05, 0) is 38.5 Å². The SMILES string of the molecule is CCS(=O)(=O)CCCC(CCC1CCCO1)NN. The zero-order valence-electron chi connectivity index (χ0n) is 11.2. The molecule has 0 aromatic heterocycles. The zero-order valence-corrected chi connectivity index (χ0v) is 12.0. The van der Waals surface area contributed by atoms with Crippen molar-refractivity contribution in [1.29, 1.82) is 0 Å². The highest BCUT2D eigenvalue weighted by Crippen LogP contribution is 2.18. The van der Waals surface area contributed by atoms with Gasteiger partial charge in [-0.15, -0.1) is 0 Å². The van der Waals surface area contributed by atoms with Crippen LogP contribution in [0.25, 0.3) is 0 Å². The zero-order chi connectivity index (χ0) is 13.4. The van der Waals surface area contributed by atoms with Crippen LogP contribution in [0.4, 0.5) is 0 Å². The lowest BCUT2D eigenvalue weighted by atomic mass is 10.0. The third kappa shape index (κ3) is 6.13. The van der Waals surface area contributed by atoms with E-state index in [-0.39, 0.29) is 17.5 Å². The minimum Gasteiger partial charge on any atom is -0.378 e. The molecule has 0 amide bonds. The Kier molecular flexibility index (Phi) is 7.14. The molecule has 108 valence electrons. The fourth-order valence-corrected chi connectivity index (χ4v) is 3.16. The summed E-state index contributed by atoms with van der Waals surface area (Å²) in [5.41, 5.74) is 2.78. The van der Waals surface area contributed by atoms with Gasteiger partial charge in [0.15, 0.2) is 0 Å². The van der Waals surface area contributed by atoms with Gasteiger partial charge in [-0.1, -0.05) is 6.92 Å². The quantitative estimate of drug-likeness (QED) is 0.485. The number of ether oxygens (including phenoxy) is 1. The van der Waals surface area contributed by atoms with Crippen molar-refractivity contribution in [2.24, 2.45) is 5.84 Å². The molecule has 0 aromatic carbocycles. The highest BCUT2D eigenvalue weighted by molar-refractivity contribution is 7.91. The lowest BCUT2D eigenvalue weighted by Crippen LogP contribution is -2.36. The molecule has 0 spiro atoms. The van der Waals surface area contributed by atoms with Crippen LogP contribution in [0.3, 0.4) is 0 Å². The standard InChI is InChI=1S/C12H26N2O3S/c1-2-18(15,16)10-4-5-11(14-13)7-8-12-6-3-9-17-12/h11-12,14H,2-10,13H2,1H3. The minimum atomic E-state index is -2.85. The van der Waals surface area contributed by atoms with Crippen molar-refractivity contribution in [3.63, 3.8) is 0 Å². The normalized spacial score (nSPS) is 22.2. The maximum absolute atomic E-state index is 11.4. The second-order valence-electron chi connectivity index (χ2n) is 4.95. The predicted molar refractivity (Wildman–Crippen MR) is 72.9 cm³/mol. The number of hydrazine groups is 1. The first-order chi connectivity index (χ1) is 8.57. The van der Waals surface area contributed by atoms with Gasteiger partial charge in [0.25, 0.3) is 0 Å². The Hall–Kier alpha value is -0.170. The summed E-state index contributed by atoms with van der Waals surface area (Å²) in [6, 6.07) is 0.196. The number of nitrogens with two attached hydrogens (primary N) is 1. The Morgan fingerprint density at radius 3 is 2.78 bits per heavy atom. The van der Waals surface area contributed by atoms with Gasteiger partial charge >= 0.3 is 0 Å². The summed E-state index contributed by atoms with van der Waals surface area (Å²) in [5.74, 6) is 5.99. The topological polar surface area (TPSA) is 81.4 Å². The fraction of sp³-hybridized carbons (Fsp3) is 1.00. The van der Waals surface area contributed by atoms with Gasteiger partial charge in [0.2, 0.25) is 0 Å². The molecule has 0 radical (unpaired) electrons. The van der Waals surface area contributed by atoms with Crippen molar-refractivity contribution in [3.8, 4) is 0 Å². The number of hydrogen-bond donors (Lipinski definition) is 2. The summed E-state index contributed by atoms with van der Waals surface area (Å²) in [6.45, 7) is 2.56. The molecule has 1 heterocycles. The molecule has 1 fully saturated rings. The molecule has 2 unspecified atom stereocenters. The summed E-state index contributed by atoms with van der Waals surface area (Å²) >= 11 is 0. The van der Waals surface area contributed by atoms with Crippen LogP contribution in [-0.2, 0) is 14.6 Å². The Balaban J connectivity index is 2.16. The van der Waals surface area contributed by atoms with Gasteiger partial charge in [-0.3, -0.25) is 11.3 Å². The lowest BCUT2D eigenvalue weighted by Gasteiger charge is -2.17. The summed E-state index contributed by atoms with van der Waals surface area (Å²) in [7, 11) is -2.85. The molecule has 5 nitrogen and oxygen atoms in total. The van der Waals surface area contributed by atoms with Gasteiger partial charge in [0.05, 0.1) is 11.9 Å². The van der Waals surface area contributed by atoms with E-state index in [1.807, 2.05) is 0 Å². The molecular formula is C12H26N2O3S. The maximum Gasteiger partial charge on any atom is 0.150 e. The monoisotopic (exact) mass is 278 g/mol. The third-order valence-electron chi connectivity index (χ3n) is 3.54. The van der Waals surface area contributed by atoms with Crippen LogP contribution < -0.4 is 11.3 Å². The molecule has 18 heavy (non-hydrogen) atoms. The molecule has 2 atom stereocenters. The van der Waals surface area contributed by atoms with Gasteiger partial charge in [0, 0.05) is 18.4 Å². The van der Waals surface area contributed by atoms with E-state index in [0.29, 0.717) is 12.5 Å². The van der Waals surface area contributed by atoms with Crippen LogP contribution in [0.2, 0.25) is 0 Å². The lowest BCUT2D eigenvalue weighted by molar-refractivity contribution is 0.0992. The third-order valence-corrected chi connectivity index (χ3v) is 5.33. The van der Waals surface area contributed by atoms with Crippen molar-refractivity contribution in [2.75, 3.05) is 18.1 Å². The van der Waals surface area contributed by atoms with E-state index in [2.05, 4.69) is 5.43 Å². The summed E-state index contributed by atoms with van der Waals surface area (Å²) in [6.07, 6.45) is 6.11. The molecule has 1 rings (SSSR count).